The van der Waals surface area contributed by atoms with E-state index in [0.717, 1.165) is 48.5 Å². The Kier molecular flexibility index (Phi) is 5.69. The maximum atomic E-state index is 13.4. The van der Waals surface area contributed by atoms with Crippen LogP contribution in [0, 0.1) is 5.92 Å². The molecule has 7 heteroatoms. The predicted octanol–water partition coefficient (Wildman–Crippen LogP) is 3.72. The van der Waals surface area contributed by atoms with Gasteiger partial charge in [-0.2, -0.15) is 0 Å². The molecule has 1 spiro atoms. The lowest BCUT2D eigenvalue weighted by atomic mass is 9.48. The minimum atomic E-state index is -0.974. The summed E-state index contributed by atoms with van der Waals surface area (Å²) in [6, 6.07) is 13.5. The van der Waals surface area contributed by atoms with E-state index in [1.165, 1.54) is 19.8 Å². The van der Waals surface area contributed by atoms with Crippen LogP contribution in [0.2, 0.25) is 0 Å². The van der Waals surface area contributed by atoms with Gasteiger partial charge in [-0.05, 0) is 74.3 Å². The number of piperidine rings is 1. The van der Waals surface area contributed by atoms with Crippen LogP contribution < -0.4 is 9.47 Å². The number of benzene rings is 2. The number of aliphatic hydroxyl groups is 1. The second-order valence-corrected chi connectivity index (χ2v) is 12.2. The first kappa shape index (κ1) is 24.9. The summed E-state index contributed by atoms with van der Waals surface area (Å²) in [7, 11) is 1.84. The maximum absolute atomic E-state index is 13.4. The van der Waals surface area contributed by atoms with Gasteiger partial charge in [0.05, 0.1) is 17.1 Å². The summed E-state index contributed by atoms with van der Waals surface area (Å²) < 4.78 is 12.4. The number of esters is 1. The molecular formula is C32H36N2O5. The summed E-state index contributed by atoms with van der Waals surface area (Å²) in [5, 5.41) is 12.7. The molecule has 1 N–H and O–H groups in total. The third-order valence-electron chi connectivity index (χ3n) is 10.0. The van der Waals surface area contributed by atoms with Gasteiger partial charge in [-0.15, -0.1) is 0 Å². The molecule has 204 valence electrons. The van der Waals surface area contributed by atoms with Crippen molar-refractivity contribution in [2.45, 2.75) is 74.7 Å². The summed E-state index contributed by atoms with van der Waals surface area (Å²) in [6.07, 6.45) is 8.32. The average Bonchev–Trinajstić information content (AvgIpc) is 3.67. The molecular weight excluding hydrogens is 492 g/mol. The standard InChI is InChI=1S/C32H36N2O5/c1-20(35)38-25-12-11-23-18-26-32(37)15-14-24(33(2)27(36)13-10-21-6-4-3-5-7-21)30-31(32,28(23)29(25)39-30)16-17-34(26)19-22-8-9-22/h3-7,10-13,22,24,26,30,37H,8-9,14-19H2,1-2H3/b13-10+/t24?,26-,30?,31+,32-/m1/s1. The monoisotopic (exact) mass is 528 g/mol. The van der Waals surface area contributed by atoms with E-state index in [1.54, 1.807) is 11.0 Å². The normalized spacial score (nSPS) is 32.4. The second-order valence-electron chi connectivity index (χ2n) is 12.2. The van der Waals surface area contributed by atoms with Crippen molar-refractivity contribution in [2.75, 3.05) is 20.1 Å². The molecule has 2 bridgehead atoms. The molecule has 0 radical (unpaired) electrons. The van der Waals surface area contributed by atoms with Crippen molar-refractivity contribution in [1.82, 2.24) is 9.80 Å². The van der Waals surface area contributed by atoms with Crippen molar-refractivity contribution in [1.29, 1.82) is 0 Å². The Balaban J connectivity index is 1.28. The van der Waals surface area contributed by atoms with Crippen LogP contribution in [0.1, 0.15) is 55.7 Å². The molecule has 39 heavy (non-hydrogen) atoms. The first-order valence-electron chi connectivity index (χ1n) is 14.3. The highest BCUT2D eigenvalue weighted by molar-refractivity contribution is 5.92. The molecule has 2 aliphatic heterocycles. The summed E-state index contributed by atoms with van der Waals surface area (Å²) in [6.45, 7) is 3.32. The van der Waals surface area contributed by atoms with E-state index in [9.17, 15) is 14.7 Å². The molecule has 2 saturated carbocycles. The lowest BCUT2D eigenvalue weighted by molar-refractivity contribution is -0.200. The zero-order valence-corrected chi connectivity index (χ0v) is 22.6. The van der Waals surface area contributed by atoms with Gasteiger partial charge in [0.25, 0.3) is 0 Å². The van der Waals surface area contributed by atoms with Crippen molar-refractivity contribution in [2.24, 2.45) is 5.92 Å². The fourth-order valence-corrected chi connectivity index (χ4v) is 8.09. The van der Waals surface area contributed by atoms with Crippen LogP contribution >= 0.6 is 0 Å². The summed E-state index contributed by atoms with van der Waals surface area (Å²) in [4.78, 5) is 29.7. The fourth-order valence-electron chi connectivity index (χ4n) is 8.09. The SMILES string of the molecule is CC(=O)Oc1ccc2c3c1OC1C(N(C)C(=O)/C=C/c4ccccc4)CC[C@@]4(O)[C@@H](C2)N(CC2CC2)CC[C@]314. The number of hydrogen-bond donors (Lipinski definition) is 1. The van der Waals surface area contributed by atoms with Crippen molar-refractivity contribution >= 4 is 18.0 Å². The maximum Gasteiger partial charge on any atom is 0.308 e. The molecule has 3 aliphatic carbocycles. The summed E-state index contributed by atoms with van der Waals surface area (Å²) >= 11 is 0. The van der Waals surface area contributed by atoms with Gasteiger partial charge in [0, 0.05) is 38.2 Å². The number of amides is 1. The van der Waals surface area contributed by atoms with Gasteiger partial charge in [-0.1, -0.05) is 36.4 Å². The van der Waals surface area contributed by atoms with Gasteiger partial charge in [0.2, 0.25) is 5.91 Å². The van der Waals surface area contributed by atoms with Gasteiger partial charge in [0.15, 0.2) is 11.5 Å². The van der Waals surface area contributed by atoms with Crippen LogP contribution in [-0.4, -0.2) is 70.7 Å². The molecule has 5 aliphatic rings. The molecule has 2 heterocycles. The Morgan fingerprint density at radius 1 is 1.15 bits per heavy atom. The second kappa shape index (κ2) is 8.93. The van der Waals surface area contributed by atoms with Crippen molar-refractivity contribution in [3.8, 4) is 11.5 Å². The molecule has 1 saturated heterocycles. The number of ether oxygens (including phenoxy) is 2. The molecule has 3 fully saturated rings. The molecule has 7 nitrogen and oxygen atoms in total. The van der Waals surface area contributed by atoms with Crippen molar-refractivity contribution in [3.63, 3.8) is 0 Å². The minimum absolute atomic E-state index is 0.0101. The van der Waals surface area contributed by atoms with Crippen LogP contribution in [0.4, 0.5) is 0 Å². The number of carbonyl (C=O) groups is 2. The highest BCUT2D eigenvalue weighted by atomic mass is 16.6. The van der Waals surface area contributed by atoms with Crippen LogP contribution in [0.25, 0.3) is 6.08 Å². The van der Waals surface area contributed by atoms with E-state index in [1.807, 2.05) is 49.5 Å². The van der Waals surface area contributed by atoms with Crippen LogP contribution in [-0.2, 0) is 21.4 Å². The number of likely N-dealkylation sites (N-methyl/N-ethyl adjacent to an activating group) is 1. The quantitative estimate of drug-likeness (QED) is 0.350. The third kappa shape index (κ3) is 3.70. The van der Waals surface area contributed by atoms with Gasteiger partial charge in [-0.25, -0.2) is 0 Å². The van der Waals surface area contributed by atoms with Gasteiger partial charge < -0.3 is 19.5 Å². The Morgan fingerprint density at radius 2 is 1.95 bits per heavy atom. The van der Waals surface area contributed by atoms with Gasteiger partial charge in [-0.3, -0.25) is 14.5 Å². The highest BCUT2D eigenvalue weighted by Gasteiger charge is 2.73. The fraction of sp³-hybridized carbons (Fsp3) is 0.500. The first-order chi connectivity index (χ1) is 18.8. The van der Waals surface area contributed by atoms with Crippen molar-refractivity contribution < 1.29 is 24.2 Å². The smallest absolute Gasteiger partial charge is 0.308 e. The highest BCUT2D eigenvalue weighted by Crippen LogP contribution is 2.66. The predicted molar refractivity (Wildman–Crippen MR) is 146 cm³/mol. The molecule has 2 unspecified atom stereocenters. The number of likely N-dealkylation sites (tertiary alicyclic amines) is 1. The molecule has 2 aromatic rings. The Labute approximate surface area is 229 Å². The van der Waals surface area contributed by atoms with E-state index >= 15 is 0 Å². The molecule has 1 amide bonds. The summed E-state index contributed by atoms with van der Waals surface area (Å²) in [5.74, 6) is 1.22. The molecule has 2 aromatic carbocycles. The number of nitrogens with zero attached hydrogens (tertiary/aromatic N) is 2. The van der Waals surface area contributed by atoms with E-state index in [-0.39, 0.29) is 18.0 Å². The van der Waals surface area contributed by atoms with Gasteiger partial charge in [0.1, 0.15) is 6.10 Å². The molecule has 7 rings (SSSR count). The Morgan fingerprint density at radius 3 is 2.69 bits per heavy atom. The number of hydrogen-bond acceptors (Lipinski definition) is 6. The van der Waals surface area contributed by atoms with E-state index in [2.05, 4.69) is 11.0 Å². The third-order valence-corrected chi connectivity index (χ3v) is 10.0. The van der Waals surface area contributed by atoms with Crippen LogP contribution in [0.5, 0.6) is 11.5 Å². The lowest BCUT2D eigenvalue weighted by Crippen LogP contribution is -2.78. The molecule has 0 aromatic heterocycles. The minimum Gasteiger partial charge on any atom is -0.483 e. The van der Waals surface area contributed by atoms with E-state index in [4.69, 9.17) is 9.47 Å². The number of rotatable bonds is 6. The topological polar surface area (TPSA) is 79.3 Å². The Hall–Kier alpha value is -3.16. The van der Waals surface area contributed by atoms with E-state index < -0.39 is 23.1 Å². The zero-order chi connectivity index (χ0) is 26.9. The lowest BCUT2D eigenvalue weighted by Gasteiger charge is -2.64. The summed E-state index contributed by atoms with van der Waals surface area (Å²) in [5.41, 5.74) is 1.50. The van der Waals surface area contributed by atoms with Crippen LogP contribution in [0.15, 0.2) is 48.5 Å². The van der Waals surface area contributed by atoms with Crippen molar-refractivity contribution in [3.05, 3.63) is 65.2 Å². The Bertz CT molecular complexity index is 1350. The van der Waals surface area contributed by atoms with E-state index in [0.29, 0.717) is 24.3 Å². The van der Waals surface area contributed by atoms with Crippen LogP contribution in [0.3, 0.4) is 0 Å². The zero-order valence-electron chi connectivity index (χ0n) is 22.6. The molecule has 5 atom stereocenters. The average molecular weight is 529 g/mol. The largest absolute Gasteiger partial charge is 0.483 e. The number of carbonyl (C=O) groups excluding carboxylic acids is 2. The first-order valence-corrected chi connectivity index (χ1v) is 14.3. The van der Waals surface area contributed by atoms with Gasteiger partial charge >= 0.3 is 5.97 Å².